The van der Waals surface area contributed by atoms with Gasteiger partial charge in [-0.15, -0.1) is 0 Å². The van der Waals surface area contributed by atoms with E-state index >= 15 is 0 Å². The Balaban J connectivity index is 4.79. The van der Waals surface area contributed by atoms with Crippen molar-refractivity contribution in [1.82, 2.24) is 0 Å². The third-order valence-corrected chi connectivity index (χ3v) is 2.30. The Labute approximate surface area is 86.2 Å². The summed E-state index contributed by atoms with van der Waals surface area (Å²) in [6.45, 7) is 0.451. The molecule has 7 nitrogen and oxygen atoms in total. The van der Waals surface area contributed by atoms with Gasteiger partial charge in [0, 0.05) is 0 Å². The van der Waals surface area contributed by atoms with E-state index in [1.807, 2.05) is 0 Å². The Bertz CT molecular complexity index is 219. The second-order valence-corrected chi connectivity index (χ2v) is 3.27. The first-order chi connectivity index (χ1) is 6.81. The molecule has 0 saturated heterocycles. The van der Waals surface area contributed by atoms with Crippen LogP contribution >= 0.6 is 0 Å². The number of aliphatic carboxylic acids is 1. The van der Waals surface area contributed by atoms with Gasteiger partial charge in [0.15, 0.2) is 5.60 Å². The largest absolute Gasteiger partial charge is 0.479 e. The van der Waals surface area contributed by atoms with E-state index in [2.05, 4.69) is 0 Å². The van der Waals surface area contributed by atoms with Crippen LogP contribution in [0.4, 0.5) is 0 Å². The number of aliphatic hydroxyl groups is 5. The van der Waals surface area contributed by atoms with Crippen LogP contribution in [0.1, 0.15) is 13.3 Å². The quantitative estimate of drug-likeness (QED) is 0.288. The van der Waals surface area contributed by atoms with Gasteiger partial charge in [-0.3, -0.25) is 0 Å². The van der Waals surface area contributed by atoms with Crippen molar-refractivity contribution in [2.75, 3.05) is 6.61 Å². The zero-order valence-corrected chi connectivity index (χ0v) is 8.24. The fraction of sp³-hybridized carbons (Fsp3) is 0.875. The van der Waals surface area contributed by atoms with Gasteiger partial charge in [0.2, 0.25) is 0 Å². The fourth-order valence-corrected chi connectivity index (χ4v) is 1.09. The van der Waals surface area contributed by atoms with Crippen LogP contribution in [-0.2, 0) is 4.79 Å². The van der Waals surface area contributed by atoms with Gasteiger partial charge in [-0.1, -0.05) is 6.92 Å². The summed E-state index contributed by atoms with van der Waals surface area (Å²) < 4.78 is 0. The summed E-state index contributed by atoms with van der Waals surface area (Å²) >= 11 is 0. The maximum absolute atomic E-state index is 10.6. The number of hydrogen-bond donors (Lipinski definition) is 6. The Kier molecular flexibility index (Phi) is 5.12. The standard InChI is InChI=1S/C8H16O7/c1-2-8(15,7(13)14)6(12)5(11)4(10)3-9/h4-6,9-12,15H,2-3H2,1H3,(H,13,14)/t4-,5+,6-,8+/m1/s1. The lowest BCUT2D eigenvalue weighted by Gasteiger charge is -2.32. The van der Waals surface area contributed by atoms with Gasteiger partial charge in [0.25, 0.3) is 0 Å². The topological polar surface area (TPSA) is 138 Å². The predicted octanol–water partition coefficient (Wildman–Crippen LogP) is -2.71. The minimum atomic E-state index is -2.55. The first-order valence-electron chi connectivity index (χ1n) is 4.42. The highest BCUT2D eigenvalue weighted by Gasteiger charge is 2.47. The number of carbonyl (C=O) groups is 1. The molecule has 6 N–H and O–H groups in total. The molecule has 0 heterocycles. The van der Waals surface area contributed by atoms with E-state index in [9.17, 15) is 20.1 Å². The smallest absolute Gasteiger partial charge is 0.338 e. The summed E-state index contributed by atoms with van der Waals surface area (Å²) in [6, 6.07) is 0. The third-order valence-electron chi connectivity index (χ3n) is 2.30. The lowest BCUT2D eigenvalue weighted by atomic mass is 9.88. The van der Waals surface area contributed by atoms with Crippen molar-refractivity contribution in [3.63, 3.8) is 0 Å². The van der Waals surface area contributed by atoms with Gasteiger partial charge in [-0.05, 0) is 6.42 Å². The highest BCUT2D eigenvalue weighted by Crippen LogP contribution is 2.20. The molecule has 0 aromatic rings. The molecule has 0 amide bonds. The SMILES string of the molecule is CC[C@@](O)(C(=O)O)[C@H](O)[C@@H](O)[C@H](O)CO. The van der Waals surface area contributed by atoms with Gasteiger partial charge >= 0.3 is 5.97 Å². The molecule has 0 aliphatic rings. The molecule has 0 aliphatic heterocycles. The van der Waals surface area contributed by atoms with Crippen LogP contribution in [0.3, 0.4) is 0 Å². The van der Waals surface area contributed by atoms with E-state index in [1.54, 1.807) is 0 Å². The Morgan fingerprint density at radius 2 is 1.80 bits per heavy atom. The van der Waals surface area contributed by atoms with Crippen molar-refractivity contribution in [2.24, 2.45) is 0 Å². The summed E-state index contributed by atoms with van der Waals surface area (Å²) in [5.74, 6) is -1.71. The van der Waals surface area contributed by atoms with Crippen LogP contribution in [0.2, 0.25) is 0 Å². The number of carboxylic acids is 1. The molecule has 0 saturated carbocycles. The van der Waals surface area contributed by atoms with Crippen LogP contribution in [0, 0.1) is 0 Å². The maximum Gasteiger partial charge on any atom is 0.338 e. The average molecular weight is 224 g/mol. The van der Waals surface area contributed by atoms with E-state index in [4.69, 9.17) is 15.3 Å². The number of carboxylic acid groups (broad SMARTS) is 1. The highest BCUT2D eigenvalue weighted by molar-refractivity contribution is 5.78. The maximum atomic E-state index is 10.6. The second-order valence-electron chi connectivity index (χ2n) is 3.27. The molecule has 0 unspecified atom stereocenters. The molecule has 0 radical (unpaired) electrons. The second kappa shape index (κ2) is 5.38. The monoisotopic (exact) mass is 224 g/mol. The first-order valence-corrected chi connectivity index (χ1v) is 4.42. The van der Waals surface area contributed by atoms with Gasteiger partial charge in [0.1, 0.15) is 18.3 Å². The van der Waals surface area contributed by atoms with Crippen molar-refractivity contribution in [2.45, 2.75) is 37.3 Å². The van der Waals surface area contributed by atoms with Gasteiger partial charge in [-0.25, -0.2) is 4.79 Å². The predicted molar refractivity (Wildman–Crippen MR) is 48.0 cm³/mol. The lowest BCUT2D eigenvalue weighted by molar-refractivity contribution is -0.191. The Morgan fingerprint density at radius 1 is 1.33 bits per heavy atom. The van der Waals surface area contributed by atoms with Crippen molar-refractivity contribution >= 4 is 5.97 Å². The Hall–Kier alpha value is -0.730. The highest BCUT2D eigenvalue weighted by atomic mass is 16.4. The third kappa shape index (κ3) is 2.86. The molecule has 7 heteroatoms. The minimum Gasteiger partial charge on any atom is -0.479 e. The van der Waals surface area contributed by atoms with Crippen LogP contribution in [0.25, 0.3) is 0 Å². The lowest BCUT2D eigenvalue weighted by Crippen LogP contribution is -2.57. The molecule has 0 aromatic carbocycles. The molecule has 15 heavy (non-hydrogen) atoms. The molecule has 4 atom stereocenters. The van der Waals surface area contributed by atoms with Crippen LogP contribution in [0.15, 0.2) is 0 Å². The zero-order chi connectivity index (χ0) is 12.2. The zero-order valence-electron chi connectivity index (χ0n) is 8.24. The van der Waals surface area contributed by atoms with Crippen LogP contribution < -0.4 is 0 Å². The molecule has 90 valence electrons. The number of aliphatic hydroxyl groups excluding tert-OH is 4. The average Bonchev–Trinajstić information content (AvgIpc) is 2.24. The molecular formula is C8H16O7. The summed E-state index contributed by atoms with van der Waals surface area (Å²) in [7, 11) is 0. The van der Waals surface area contributed by atoms with E-state index in [-0.39, 0.29) is 6.42 Å². The van der Waals surface area contributed by atoms with Crippen LogP contribution in [-0.4, -0.2) is 67.1 Å². The van der Waals surface area contributed by atoms with E-state index < -0.39 is 36.5 Å². The summed E-state index contributed by atoms with van der Waals surface area (Å²) in [6.07, 6.45) is -6.07. The molecule has 0 bridgehead atoms. The normalized spacial score (nSPS) is 21.5. The summed E-state index contributed by atoms with van der Waals surface area (Å²) in [5.41, 5.74) is -2.55. The molecule has 0 aromatic heterocycles. The minimum absolute atomic E-state index is 0.349. The van der Waals surface area contributed by atoms with Gasteiger partial charge in [0.05, 0.1) is 6.61 Å². The summed E-state index contributed by atoms with van der Waals surface area (Å²) in [5, 5.41) is 54.1. The molecule has 0 fully saturated rings. The number of hydrogen-bond acceptors (Lipinski definition) is 6. The molecule has 0 spiro atoms. The Morgan fingerprint density at radius 3 is 2.07 bits per heavy atom. The van der Waals surface area contributed by atoms with Gasteiger partial charge in [-0.2, -0.15) is 0 Å². The van der Waals surface area contributed by atoms with Crippen molar-refractivity contribution in [3.8, 4) is 0 Å². The summed E-state index contributed by atoms with van der Waals surface area (Å²) in [4.78, 5) is 10.6. The van der Waals surface area contributed by atoms with Crippen molar-refractivity contribution in [1.29, 1.82) is 0 Å². The molecular weight excluding hydrogens is 208 g/mol. The first kappa shape index (κ1) is 14.3. The van der Waals surface area contributed by atoms with Crippen LogP contribution in [0.5, 0.6) is 0 Å². The van der Waals surface area contributed by atoms with E-state index in [1.165, 1.54) is 6.92 Å². The molecule has 0 rings (SSSR count). The van der Waals surface area contributed by atoms with E-state index in [0.717, 1.165) is 0 Å². The van der Waals surface area contributed by atoms with E-state index in [0.29, 0.717) is 0 Å². The number of rotatable bonds is 6. The van der Waals surface area contributed by atoms with Gasteiger partial charge < -0.3 is 30.6 Å². The van der Waals surface area contributed by atoms with Crippen molar-refractivity contribution in [3.05, 3.63) is 0 Å². The fourth-order valence-electron chi connectivity index (χ4n) is 1.09. The van der Waals surface area contributed by atoms with Crippen molar-refractivity contribution < 1.29 is 35.4 Å². The molecule has 0 aliphatic carbocycles.